The molecule has 1 aromatic heterocycles. The molecule has 1 aliphatic heterocycles. The van der Waals surface area contributed by atoms with E-state index in [0.29, 0.717) is 0 Å². The molecule has 2 rings (SSSR count). The summed E-state index contributed by atoms with van der Waals surface area (Å²) in [5.41, 5.74) is -0.210. The minimum absolute atomic E-state index is 0.210. The second-order valence-corrected chi connectivity index (χ2v) is 5.73. The Morgan fingerprint density at radius 1 is 1.32 bits per heavy atom. The van der Waals surface area contributed by atoms with E-state index >= 15 is 0 Å². The molecule has 2 heterocycles. The minimum Gasteiger partial charge on any atom is -0.383 e. The molecule has 4 nitrogen and oxygen atoms in total. The van der Waals surface area contributed by atoms with Crippen LogP contribution < -0.4 is 0 Å². The van der Waals surface area contributed by atoms with Gasteiger partial charge in [0.2, 0.25) is 0 Å². The molecule has 1 aromatic rings. The molecule has 0 amide bonds. The second kappa shape index (κ2) is 6.06. The number of hydrogen-bond acceptors (Lipinski definition) is 3. The molecule has 0 radical (unpaired) electrons. The Balaban J connectivity index is 2.24. The van der Waals surface area contributed by atoms with Crippen molar-refractivity contribution in [3.8, 4) is 0 Å². The SMILES string of the molecule is CCn1ccnc1C(O)C(C)(CC)N1CCCCC1. The van der Waals surface area contributed by atoms with Gasteiger partial charge in [-0.05, 0) is 46.2 Å². The van der Waals surface area contributed by atoms with Crippen molar-refractivity contribution >= 4 is 0 Å². The van der Waals surface area contributed by atoms with Crippen LogP contribution in [0.5, 0.6) is 0 Å². The van der Waals surface area contributed by atoms with Crippen molar-refractivity contribution in [3.63, 3.8) is 0 Å². The highest BCUT2D eigenvalue weighted by molar-refractivity contribution is 5.06. The third-order valence-corrected chi connectivity index (χ3v) is 4.72. The topological polar surface area (TPSA) is 41.3 Å². The Labute approximate surface area is 116 Å². The second-order valence-electron chi connectivity index (χ2n) is 5.73. The Kier molecular flexibility index (Phi) is 4.63. The average molecular weight is 265 g/mol. The number of aryl methyl sites for hydroxylation is 1. The monoisotopic (exact) mass is 265 g/mol. The van der Waals surface area contributed by atoms with Crippen LogP contribution in [0.15, 0.2) is 12.4 Å². The largest absolute Gasteiger partial charge is 0.383 e. The number of piperidine rings is 1. The number of aromatic nitrogens is 2. The molecular weight excluding hydrogens is 238 g/mol. The molecule has 0 aromatic carbocycles. The Bertz CT molecular complexity index is 398. The van der Waals surface area contributed by atoms with E-state index < -0.39 is 6.10 Å². The maximum atomic E-state index is 10.9. The Morgan fingerprint density at radius 3 is 2.58 bits per heavy atom. The summed E-state index contributed by atoms with van der Waals surface area (Å²) in [5, 5.41) is 10.9. The molecule has 108 valence electrons. The maximum absolute atomic E-state index is 10.9. The van der Waals surface area contributed by atoms with Gasteiger partial charge in [0, 0.05) is 18.9 Å². The van der Waals surface area contributed by atoms with Crippen LogP contribution in [0.2, 0.25) is 0 Å². The van der Waals surface area contributed by atoms with Crippen molar-refractivity contribution < 1.29 is 5.11 Å². The number of rotatable bonds is 5. The quantitative estimate of drug-likeness (QED) is 0.889. The fraction of sp³-hybridized carbons (Fsp3) is 0.800. The summed E-state index contributed by atoms with van der Waals surface area (Å²) in [4.78, 5) is 6.84. The molecule has 0 saturated carbocycles. The number of nitrogens with zero attached hydrogens (tertiary/aromatic N) is 3. The van der Waals surface area contributed by atoms with Gasteiger partial charge in [-0.25, -0.2) is 4.98 Å². The Morgan fingerprint density at radius 2 is 2.00 bits per heavy atom. The molecule has 0 spiro atoms. The van der Waals surface area contributed by atoms with Crippen molar-refractivity contribution in [2.45, 2.75) is 64.6 Å². The third kappa shape index (κ3) is 2.70. The lowest BCUT2D eigenvalue weighted by atomic mass is 9.87. The van der Waals surface area contributed by atoms with Gasteiger partial charge < -0.3 is 9.67 Å². The minimum atomic E-state index is -0.523. The molecule has 1 fully saturated rings. The lowest BCUT2D eigenvalue weighted by Gasteiger charge is -2.45. The number of hydrogen-bond donors (Lipinski definition) is 1. The smallest absolute Gasteiger partial charge is 0.139 e. The van der Waals surface area contributed by atoms with E-state index in [0.717, 1.165) is 31.9 Å². The van der Waals surface area contributed by atoms with Gasteiger partial charge in [-0.2, -0.15) is 0 Å². The van der Waals surface area contributed by atoms with Crippen molar-refractivity contribution in [2.24, 2.45) is 0 Å². The summed E-state index contributed by atoms with van der Waals surface area (Å²) in [6.45, 7) is 9.46. The first-order valence-corrected chi connectivity index (χ1v) is 7.57. The highest BCUT2D eigenvalue weighted by Gasteiger charge is 2.40. The van der Waals surface area contributed by atoms with Crippen LogP contribution >= 0.6 is 0 Å². The van der Waals surface area contributed by atoms with E-state index in [2.05, 4.69) is 30.7 Å². The summed E-state index contributed by atoms with van der Waals surface area (Å²) >= 11 is 0. The van der Waals surface area contributed by atoms with Gasteiger partial charge in [0.15, 0.2) is 0 Å². The lowest BCUT2D eigenvalue weighted by molar-refractivity contribution is -0.0408. The van der Waals surface area contributed by atoms with Gasteiger partial charge in [0.05, 0.1) is 5.54 Å². The van der Waals surface area contributed by atoms with E-state index in [9.17, 15) is 5.11 Å². The summed E-state index contributed by atoms with van der Waals surface area (Å²) < 4.78 is 2.04. The molecule has 0 aliphatic carbocycles. The van der Waals surface area contributed by atoms with E-state index in [1.165, 1.54) is 19.3 Å². The zero-order valence-electron chi connectivity index (χ0n) is 12.5. The van der Waals surface area contributed by atoms with Crippen molar-refractivity contribution in [1.82, 2.24) is 14.5 Å². The van der Waals surface area contributed by atoms with E-state index in [1.54, 1.807) is 6.20 Å². The fourth-order valence-corrected chi connectivity index (χ4v) is 3.11. The molecule has 2 unspecified atom stereocenters. The normalized spacial score (nSPS) is 22.1. The predicted octanol–water partition coefficient (Wildman–Crippen LogP) is 2.59. The van der Waals surface area contributed by atoms with Crippen molar-refractivity contribution in [3.05, 3.63) is 18.2 Å². The Hall–Kier alpha value is -0.870. The number of likely N-dealkylation sites (tertiary alicyclic amines) is 1. The van der Waals surface area contributed by atoms with Crippen molar-refractivity contribution in [1.29, 1.82) is 0 Å². The van der Waals surface area contributed by atoms with E-state index in [4.69, 9.17) is 0 Å². The average Bonchev–Trinajstić information content (AvgIpc) is 2.94. The first kappa shape index (κ1) is 14.5. The highest BCUT2D eigenvalue weighted by atomic mass is 16.3. The van der Waals surface area contributed by atoms with Crippen molar-refractivity contribution in [2.75, 3.05) is 13.1 Å². The fourth-order valence-electron chi connectivity index (χ4n) is 3.11. The van der Waals surface area contributed by atoms with Crippen LogP contribution in [-0.2, 0) is 6.54 Å². The molecule has 1 N–H and O–H groups in total. The van der Waals surface area contributed by atoms with E-state index in [-0.39, 0.29) is 5.54 Å². The third-order valence-electron chi connectivity index (χ3n) is 4.72. The van der Waals surface area contributed by atoms with Gasteiger partial charge in [0.1, 0.15) is 11.9 Å². The van der Waals surface area contributed by atoms with Crippen LogP contribution in [0, 0.1) is 0 Å². The first-order valence-electron chi connectivity index (χ1n) is 7.57. The predicted molar refractivity (Wildman–Crippen MR) is 77.0 cm³/mol. The summed E-state index contributed by atoms with van der Waals surface area (Å²) in [7, 11) is 0. The molecule has 4 heteroatoms. The molecule has 1 aliphatic rings. The zero-order valence-corrected chi connectivity index (χ0v) is 12.5. The molecule has 2 atom stereocenters. The molecule has 1 saturated heterocycles. The highest BCUT2D eigenvalue weighted by Crippen LogP contribution is 2.35. The van der Waals surface area contributed by atoms with Crippen LogP contribution in [0.1, 0.15) is 58.4 Å². The molecular formula is C15H27N3O. The van der Waals surface area contributed by atoms with Gasteiger partial charge in [-0.3, -0.25) is 4.90 Å². The summed E-state index contributed by atoms with van der Waals surface area (Å²) in [5.74, 6) is 0.803. The lowest BCUT2D eigenvalue weighted by Crippen LogP contribution is -2.52. The van der Waals surface area contributed by atoms with Crippen LogP contribution in [0.3, 0.4) is 0 Å². The summed E-state index contributed by atoms with van der Waals surface area (Å²) in [6.07, 6.45) is 7.94. The van der Waals surface area contributed by atoms with Gasteiger partial charge in [0.25, 0.3) is 0 Å². The van der Waals surface area contributed by atoms with Gasteiger partial charge in [-0.15, -0.1) is 0 Å². The van der Waals surface area contributed by atoms with Gasteiger partial charge in [-0.1, -0.05) is 13.3 Å². The van der Waals surface area contributed by atoms with Crippen LogP contribution in [0.25, 0.3) is 0 Å². The molecule has 19 heavy (non-hydrogen) atoms. The number of aliphatic hydroxyl groups is 1. The van der Waals surface area contributed by atoms with E-state index in [1.807, 2.05) is 10.8 Å². The number of imidazole rings is 1. The standard InChI is InChI=1S/C15H27N3O/c1-4-15(3,18-10-7-6-8-11-18)13(19)14-16-9-12-17(14)5-2/h9,12-13,19H,4-8,10-11H2,1-3H3. The van der Waals surface area contributed by atoms with Gasteiger partial charge >= 0.3 is 0 Å². The maximum Gasteiger partial charge on any atom is 0.139 e. The molecule has 0 bridgehead atoms. The zero-order chi connectivity index (χ0) is 13.9. The van der Waals surface area contributed by atoms with Crippen LogP contribution in [-0.4, -0.2) is 38.2 Å². The van der Waals surface area contributed by atoms with Crippen LogP contribution in [0.4, 0.5) is 0 Å². The summed E-state index contributed by atoms with van der Waals surface area (Å²) in [6, 6.07) is 0. The first-order chi connectivity index (χ1) is 9.13. The number of aliphatic hydroxyl groups excluding tert-OH is 1.